The number of amides is 1. The van der Waals surface area contributed by atoms with Gasteiger partial charge in [0, 0.05) is 19.3 Å². The number of carbonyl (C=O) groups is 1. The minimum absolute atomic E-state index is 0.0303. The summed E-state index contributed by atoms with van der Waals surface area (Å²) in [6.07, 6.45) is 2.14. The average molecular weight is 304 g/mol. The molecule has 1 unspecified atom stereocenters. The van der Waals surface area contributed by atoms with Crippen molar-refractivity contribution in [3.05, 3.63) is 0 Å². The number of thioether (sulfide) groups is 1. The molecule has 0 radical (unpaired) electrons. The molecule has 0 spiro atoms. The molecular weight excluding hydrogens is 280 g/mol. The minimum Gasteiger partial charge on any atom is -0.392 e. The quantitative estimate of drug-likeness (QED) is 0.554. The standard InChI is InChI=1S/C13H24N2O2S2/c1-3-19-9-4-10(2)15-12(16)13(11(14)18)5-7-17-8-6-13/h10H,3-9H2,1-2H3,(H2,14,18)(H,15,16). The highest BCUT2D eigenvalue weighted by Crippen LogP contribution is 2.31. The zero-order valence-corrected chi connectivity index (χ0v) is 13.4. The summed E-state index contributed by atoms with van der Waals surface area (Å²) in [6.45, 7) is 5.26. The zero-order chi connectivity index (χ0) is 14.3. The van der Waals surface area contributed by atoms with Crippen LogP contribution < -0.4 is 11.1 Å². The van der Waals surface area contributed by atoms with Crippen LogP contribution in [0.5, 0.6) is 0 Å². The lowest BCUT2D eigenvalue weighted by Crippen LogP contribution is -2.53. The molecular formula is C13H24N2O2S2. The smallest absolute Gasteiger partial charge is 0.233 e. The Morgan fingerprint density at radius 1 is 1.53 bits per heavy atom. The first-order valence-electron chi connectivity index (χ1n) is 6.79. The van der Waals surface area contributed by atoms with E-state index in [2.05, 4.69) is 12.2 Å². The number of nitrogens with two attached hydrogens (primary N) is 1. The fourth-order valence-corrected chi connectivity index (χ4v) is 3.25. The van der Waals surface area contributed by atoms with Crippen LogP contribution >= 0.6 is 24.0 Å². The normalized spacial score (nSPS) is 19.7. The van der Waals surface area contributed by atoms with Crippen LogP contribution in [0.2, 0.25) is 0 Å². The van der Waals surface area contributed by atoms with E-state index in [0.29, 0.717) is 31.0 Å². The first kappa shape index (κ1) is 16.7. The topological polar surface area (TPSA) is 64.4 Å². The molecule has 110 valence electrons. The second-order valence-electron chi connectivity index (χ2n) is 4.92. The van der Waals surface area contributed by atoms with E-state index < -0.39 is 5.41 Å². The summed E-state index contributed by atoms with van der Waals surface area (Å²) in [5.41, 5.74) is 5.10. The summed E-state index contributed by atoms with van der Waals surface area (Å²) in [6, 6.07) is 0.153. The summed E-state index contributed by atoms with van der Waals surface area (Å²) in [7, 11) is 0. The van der Waals surface area contributed by atoms with E-state index in [-0.39, 0.29) is 11.9 Å². The van der Waals surface area contributed by atoms with E-state index in [9.17, 15) is 4.79 Å². The fourth-order valence-electron chi connectivity index (χ4n) is 2.14. The number of thiocarbonyl (C=S) groups is 1. The third-order valence-corrected chi connectivity index (χ3v) is 4.85. The Morgan fingerprint density at radius 2 is 2.16 bits per heavy atom. The highest BCUT2D eigenvalue weighted by molar-refractivity contribution is 7.99. The number of rotatable bonds is 7. The molecule has 1 fully saturated rings. The van der Waals surface area contributed by atoms with Crippen LogP contribution in [-0.4, -0.2) is 41.7 Å². The van der Waals surface area contributed by atoms with Gasteiger partial charge < -0.3 is 15.8 Å². The van der Waals surface area contributed by atoms with Gasteiger partial charge in [-0.05, 0) is 37.7 Å². The molecule has 1 amide bonds. The van der Waals surface area contributed by atoms with Crippen molar-refractivity contribution < 1.29 is 9.53 Å². The van der Waals surface area contributed by atoms with Gasteiger partial charge in [0.1, 0.15) is 5.41 Å². The Hall–Kier alpha value is -0.330. The maximum Gasteiger partial charge on any atom is 0.233 e. The molecule has 3 N–H and O–H groups in total. The second-order valence-corrected chi connectivity index (χ2v) is 6.75. The second kappa shape index (κ2) is 8.07. The van der Waals surface area contributed by atoms with Crippen LogP contribution in [0.15, 0.2) is 0 Å². The van der Waals surface area contributed by atoms with Crippen LogP contribution in [-0.2, 0) is 9.53 Å². The summed E-state index contributed by atoms with van der Waals surface area (Å²) in [5.74, 6) is 2.13. The van der Waals surface area contributed by atoms with Crippen LogP contribution in [0.3, 0.4) is 0 Å². The lowest BCUT2D eigenvalue weighted by atomic mass is 9.79. The largest absolute Gasteiger partial charge is 0.392 e. The number of hydrogen-bond acceptors (Lipinski definition) is 4. The number of nitrogens with one attached hydrogen (secondary N) is 1. The van der Waals surface area contributed by atoms with Crippen LogP contribution in [0.4, 0.5) is 0 Å². The summed E-state index contributed by atoms with van der Waals surface area (Å²) in [4.78, 5) is 12.8. The number of hydrogen-bond donors (Lipinski definition) is 2. The Morgan fingerprint density at radius 3 is 2.68 bits per heavy atom. The van der Waals surface area contributed by atoms with E-state index in [4.69, 9.17) is 22.7 Å². The lowest BCUT2D eigenvalue weighted by Gasteiger charge is -2.35. The Balaban J connectivity index is 2.55. The van der Waals surface area contributed by atoms with Crippen molar-refractivity contribution >= 4 is 34.9 Å². The Labute approximate surface area is 125 Å². The molecule has 0 saturated carbocycles. The van der Waals surface area contributed by atoms with Crippen molar-refractivity contribution in [2.75, 3.05) is 24.7 Å². The number of ether oxygens (including phenoxy) is 1. The molecule has 0 aromatic heterocycles. The van der Waals surface area contributed by atoms with Crippen LogP contribution in [0, 0.1) is 5.41 Å². The fraction of sp³-hybridized carbons (Fsp3) is 0.846. The maximum absolute atomic E-state index is 12.5. The molecule has 6 heteroatoms. The third kappa shape index (κ3) is 4.61. The van der Waals surface area contributed by atoms with E-state index in [1.54, 1.807) is 0 Å². The maximum atomic E-state index is 12.5. The SMILES string of the molecule is CCSCCC(C)NC(=O)C1(C(N)=S)CCOCC1. The highest BCUT2D eigenvalue weighted by Gasteiger charge is 2.43. The molecule has 1 heterocycles. The van der Waals surface area contributed by atoms with Gasteiger partial charge in [0.2, 0.25) is 5.91 Å². The van der Waals surface area contributed by atoms with Gasteiger partial charge in [0.05, 0.1) is 4.99 Å². The molecule has 0 bridgehead atoms. The van der Waals surface area contributed by atoms with Gasteiger partial charge in [-0.3, -0.25) is 4.79 Å². The molecule has 0 aliphatic carbocycles. The van der Waals surface area contributed by atoms with Gasteiger partial charge in [-0.25, -0.2) is 0 Å². The molecule has 1 aliphatic heterocycles. The Kier molecular flexibility index (Phi) is 7.10. The third-order valence-electron chi connectivity index (χ3n) is 3.53. The molecule has 0 aromatic rings. The highest BCUT2D eigenvalue weighted by atomic mass is 32.2. The zero-order valence-electron chi connectivity index (χ0n) is 11.7. The molecule has 1 aliphatic rings. The van der Waals surface area contributed by atoms with E-state index in [0.717, 1.165) is 17.9 Å². The van der Waals surface area contributed by atoms with Crippen molar-refractivity contribution in [3.63, 3.8) is 0 Å². The predicted molar refractivity (Wildman–Crippen MR) is 84.5 cm³/mol. The van der Waals surface area contributed by atoms with Crippen molar-refractivity contribution in [2.24, 2.45) is 11.1 Å². The molecule has 1 atom stereocenters. The molecule has 1 rings (SSSR count). The summed E-state index contributed by atoms with van der Waals surface area (Å²) in [5, 5.41) is 3.06. The van der Waals surface area contributed by atoms with E-state index in [1.165, 1.54) is 0 Å². The first-order valence-corrected chi connectivity index (χ1v) is 8.35. The van der Waals surface area contributed by atoms with Gasteiger partial charge in [-0.1, -0.05) is 19.1 Å². The van der Waals surface area contributed by atoms with E-state index in [1.807, 2.05) is 18.7 Å². The predicted octanol–water partition coefficient (Wildman–Crippen LogP) is 1.72. The summed E-state index contributed by atoms with van der Waals surface area (Å²) < 4.78 is 5.31. The van der Waals surface area contributed by atoms with Crippen molar-refractivity contribution in [1.29, 1.82) is 0 Å². The lowest BCUT2D eigenvalue weighted by molar-refractivity contribution is -0.132. The van der Waals surface area contributed by atoms with E-state index >= 15 is 0 Å². The average Bonchev–Trinajstić information content (AvgIpc) is 2.39. The van der Waals surface area contributed by atoms with Crippen LogP contribution in [0.25, 0.3) is 0 Å². The Bertz CT molecular complexity index is 318. The minimum atomic E-state index is -0.709. The van der Waals surface area contributed by atoms with Crippen molar-refractivity contribution in [2.45, 2.75) is 39.2 Å². The molecule has 19 heavy (non-hydrogen) atoms. The molecule has 4 nitrogen and oxygen atoms in total. The summed E-state index contributed by atoms with van der Waals surface area (Å²) >= 11 is 7.00. The first-order chi connectivity index (χ1) is 9.03. The monoisotopic (exact) mass is 304 g/mol. The van der Waals surface area contributed by atoms with Gasteiger partial charge in [-0.15, -0.1) is 0 Å². The van der Waals surface area contributed by atoms with Crippen molar-refractivity contribution in [1.82, 2.24) is 5.32 Å². The van der Waals surface area contributed by atoms with Crippen molar-refractivity contribution in [3.8, 4) is 0 Å². The van der Waals surface area contributed by atoms with Crippen LogP contribution in [0.1, 0.15) is 33.1 Å². The van der Waals surface area contributed by atoms with Gasteiger partial charge in [0.25, 0.3) is 0 Å². The van der Waals surface area contributed by atoms with Gasteiger partial charge in [0.15, 0.2) is 0 Å². The van der Waals surface area contributed by atoms with Gasteiger partial charge in [-0.2, -0.15) is 11.8 Å². The molecule has 0 aromatic carbocycles. The van der Waals surface area contributed by atoms with Gasteiger partial charge >= 0.3 is 0 Å². The number of carbonyl (C=O) groups excluding carboxylic acids is 1. The molecule has 1 saturated heterocycles.